The van der Waals surface area contributed by atoms with E-state index in [2.05, 4.69) is 15.6 Å². The molecule has 2 heterocycles. The van der Waals surface area contributed by atoms with Crippen LogP contribution in [-0.2, 0) is 11.2 Å². The van der Waals surface area contributed by atoms with Crippen LogP contribution < -0.4 is 10.6 Å². The van der Waals surface area contributed by atoms with Crippen LogP contribution >= 0.6 is 22.7 Å². The van der Waals surface area contributed by atoms with Crippen molar-refractivity contribution < 1.29 is 14.0 Å². The molecule has 0 unspecified atom stereocenters. The number of carbonyl (C=O) groups is 2. The molecule has 27 heavy (non-hydrogen) atoms. The smallest absolute Gasteiger partial charge is 0.267 e. The molecule has 2 N–H and O–H groups in total. The summed E-state index contributed by atoms with van der Waals surface area (Å²) in [5.74, 6) is -0.399. The molecular weight excluding hydrogens is 385 g/mol. The first-order valence-corrected chi connectivity index (χ1v) is 10.1. The van der Waals surface area contributed by atoms with Crippen LogP contribution in [0.4, 0.5) is 14.5 Å². The number of nitrogens with one attached hydrogen (secondary N) is 2. The second-order valence-corrected chi connectivity index (χ2v) is 8.48. The molecule has 3 aromatic rings. The SMILES string of the molecule is O=C(Nc1ncc(Cc2ccccc2F)s1)c1ccc(NC(=O)C2CC2)s1. The van der Waals surface area contributed by atoms with Gasteiger partial charge in [0.15, 0.2) is 5.13 Å². The summed E-state index contributed by atoms with van der Waals surface area (Å²) in [6, 6.07) is 10.0. The Hall–Kier alpha value is -2.58. The molecule has 8 heteroatoms. The Kier molecular flexibility index (Phi) is 5.00. The maximum atomic E-state index is 13.7. The van der Waals surface area contributed by atoms with Crippen molar-refractivity contribution in [2.75, 3.05) is 10.6 Å². The molecule has 0 saturated heterocycles. The van der Waals surface area contributed by atoms with Crippen molar-refractivity contribution in [3.8, 4) is 0 Å². The van der Waals surface area contributed by atoms with E-state index in [4.69, 9.17) is 0 Å². The van der Waals surface area contributed by atoms with Crippen LogP contribution in [0.1, 0.15) is 33.0 Å². The van der Waals surface area contributed by atoms with Crippen molar-refractivity contribution >= 4 is 44.6 Å². The van der Waals surface area contributed by atoms with Crippen LogP contribution in [0.15, 0.2) is 42.6 Å². The van der Waals surface area contributed by atoms with E-state index in [1.807, 2.05) is 0 Å². The van der Waals surface area contributed by atoms with Crippen LogP contribution in [0.5, 0.6) is 0 Å². The Bertz CT molecular complexity index is 994. The van der Waals surface area contributed by atoms with E-state index in [1.165, 1.54) is 28.7 Å². The summed E-state index contributed by atoms with van der Waals surface area (Å²) >= 11 is 2.54. The minimum Gasteiger partial charge on any atom is -0.317 e. The number of hydrogen-bond donors (Lipinski definition) is 2. The predicted molar refractivity (Wildman–Crippen MR) is 105 cm³/mol. The molecule has 1 aliphatic rings. The summed E-state index contributed by atoms with van der Waals surface area (Å²) < 4.78 is 13.7. The number of amides is 2. The summed E-state index contributed by atoms with van der Waals surface area (Å²) in [5.41, 5.74) is 0.591. The fourth-order valence-electron chi connectivity index (χ4n) is 2.53. The quantitative estimate of drug-likeness (QED) is 0.637. The van der Waals surface area contributed by atoms with Gasteiger partial charge in [0.05, 0.1) is 9.88 Å². The summed E-state index contributed by atoms with van der Waals surface area (Å²) in [6.45, 7) is 0. The van der Waals surface area contributed by atoms with Crippen LogP contribution in [0.3, 0.4) is 0 Å². The molecule has 1 aromatic carbocycles. The number of nitrogens with zero attached hydrogens (tertiary/aromatic N) is 1. The third-order valence-electron chi connectivity index (χ3n) is 4.12. The molecule has 0 atom stereocenters. The highest BCUT2D eigenvalue weighted by atomic mass is 32.1. The van der Waals surface area contributed by atoms with Crippen LogP contribution in [0.2, 0.25) is 0 Å². The molecule has 4 rings (SSSR count). The summed E-state index contributed by atoms with van der Waals surface area (Å²) in [7, 11) is 0. The van der Waals surface area contributed by atoms with Gasteiger partial charge in [-0.2, -0.15) is 0 Å². The number of aromatic nitrogens is 1. The van der Waals surface area contributed by atoms with Gasteiger partial charge >= 0.3 is 0 Å². The average molecular weight is 401 g/mol. The first-order valence-electron chi connectivity index (χ1n) is 8.48. The van der Waals surface area contributed by atoms with E-state index in [9.17, 15) is 14.0 Å². The van der Waals surface area contributed by atoms with Crippen molar-refractivity contribution in [1.82, 2.24) is 4.98 Å². The number of carbonyl (C=O) groups excluding carboxylic acids is 2. The highest BCUT2D eigenvalue weighted by Gasteiger charge is 2.29. The molecule has 1 saturated carbocycles. The van der Waals surface area contributed by atoms with Crippen LogP contribution in [-0.4, -0.2) is 16.8 Å². The summed E-state index contributed by atoms with van der Waals surface area (Å²) in [4.78, 5) is 29.7. The van der Waals surface area contributed by atoms with E-state index >= 15 is 0 Å². The second-order valence-electron chi connectivity index (χ2n) is 6.28. The molecule has 1 fully saturated rings. The number of thiazole rings is 1. The summed E-state index contributed by atoms with van der Waals surface area (Å²) in [6.07, 6.45) is 3.94. The van der Waals surface area contributed by atoms with Gasteiger partial charge in [0.1, 0.15) is 5.82 Å². The number of anilines is 2. The first-order chi connectivity index (χ1) is 13.1. The Morgan fingerprint density at radius 1 is 1.11 bits per heavy atom. The topological polar surface area (TPSA) is 71.1 Å². The minimum atomic E-state index is -0.279. The van der Waals surface area contributed by atoms with E-state index in [0.717, 1.165) is 17.7 Å². The predicted octanol–water partition coefficient (Wildman–Crippen LogP) is 4.54. The molecule has 0 spiro atoms. The lowest BCUT2D eigenvalue weighted by atomic mass is 10.1. The minimum absolute atomic E-state index is 0.0153. The number of thiophene rings is 1. The van der Waals surface area contributed by atoms with E-state index < -0.39 is 0 Å². The van der Waals surface area contributed by atoms with Crippen molar-refractivity contribution in [3.05, 3.63) is 63.7 Å². The molecule has 1 aliphatic carbocycles. The Balaban J connectivity index is 1.37. The normalized spacial score (nSPS) is 13.4. The first kappa shape index (κ1) is 17.8. The third-order valence-corrected chi connectivity index (χ3v) is 6.03. The largest absolute Gasteiger partial charge is 0.317 e. The van der Waals surface area contributed by atoms with Gasteiger partial charge < -0.3 is 5.32 Å². The van der Waals surface area contributed by atoms with Gasteiger partial charge in [-0.15, -0.1) is 22.7 Å². The number of benzene rings is 1. The lowest BCUT2D eigenvalue weighted by Gasteiger charge is -2.00. The van der Waals surface area contributed by atoms with Gasteiger partial charge in [0.2, 0.25) is 5.91 Å². The zero-order valence-electron chi connectivity index (χ0n) is 14.2. The molecule has 0 aliphatic heterocycles. The molecule has 2 aromatic heterocycles. The third kappa shape index (κ3) is 4.40. The molecule has 5 nitrogen and oxygen atoms in total. The fourth-order valence-corrected chi connectivity index (χ4v) is 4.17. The number of halogens is 1. The molecule has 0 bridgehead atoms. The standard InChI is InChI=1S/C19H16FN3O2S2/c20-14-4-2-1-3-12(14)9-13-10-21-19(26-13)23-18(25)15-7-8-16(27-15)22-17(24)11-5-6-11/h1-4,7-8,10-11H,5-6,9H2,(H,22,24)(H,21,23,25). The average Bonchev–Trinajstić information content (AvgIpc) is 3.26. The second kappa shape index (κ2) is 7.58. The Morgan fingerprint density at radius 3 is 2.70 bits per heavy atom. The zero-order valence-corrected chi connectivity index (χ0v) is 15.8. The molecule has 0 radical (unpaired) electrons. The zero-order chi connectivity index (χ0) is 18.8. The van der Waals surface area contributed by atoms with Gasteiger partial charge in [-0.25, -0.2) is 9.37 Å². The monoisotopic (exact) mass is 401 g/mol. The molecular formula is C19H16FN3O2S2. The fraction of sp³-hybridized carbons (Fsp3) is 0.211. The highest BCUT2D eigenvalue weighted by molar-refractivity contribution is 7.18. The van der Waals surface area contributed by atoms with Crippen molar-refractivity contribution in [3.63, 3.8) is 0 Å². The maximum absolute atomic E-state index is 13.7. The number of hydrogen-bond acceptors (Lipinski definition) is 5. The van der Waals surface area contributed by atoms with E-state index in [0.29, 0.717) is 27.0 Å². The Morgan fingerprint density at radius 2 is 1.93 bits per heavy atom. The van der Waals surface area contributed by atoms with Gasteiger partial charge in [-0.05, 0) is 36.6 Å². The van der Waals surface area contributed by atoms with E-state index in [-0.39, 0.29) is 23.5 Å². The lowest BCUT2D eigenvalue weighted by Crippen LogP contribution is -2.12. The Labute approximate surface area is 163 Å². The van der Waals surface area contributed by atoms with Crippen LogP contribution in [0, 0.1) is 11.7 Å². The lowest BCUT2D eigenvalue weighted by molar-refractivity contribution is -0.117. The van der Waals surface area contributed by atoms with Crippen molar-refractivity contribution in [2.45, 2.75) is 19.3 Å². The van der Waals surface area contributed by atoms with Crippen molar-refractivity contribution in [2.24, 2.45) is 5.92 Å². The highest BCUT2D eigenvalue weighted by Crippen LogP contribution is 2.32. The van der Waals surface area contributed by atoms with E-state index in [1.54, 1.807) is 36.5 Å². The van der Waals surface area contributed by atoms with Crippen molar-refractivity contribution in [1.29, 1.82) is 0 Å². The van der Waals surface area contributed by atoms with Gasteiger partial charge in [-0.3, -0.25) is 14.9 Å². The van der Waals surface area contributed by atoms with Gasteiger partial charge in [-0.1, -0.05) is 18.2 Å². The molecule has 2 amide bonds. The number of rotatable bonds is 6. The van der Waals surface area contributed by atoms with Gasteiger partial charge in [0, 0.05) is 23.4 Å². The van der Waals surface area contributed by atoms with Gasteiger partial charge in [0.25, 0.3) is 5.91 Å². The summed E-state index contributed by atoms with van der Waals surface area (Å²) in [5, 5.41) is 6.71. The van der Waals surface area contributed by atoms with Crippen LogP contribution in [0.25, 0.3) is 0 Å². The molecule has 138 valence electrons. The maximum Gasteiger partial charge on any atom is 0.267 e.